The predicted octanol–water partition coefficient (Wildman–Crippen LogP) is -2.26. The van der Waals surface area contributed by atoms with Crippen LogP contribution in [0.2, 0.25) is 0 Å². The van der Waals surface area contributed by atoms with Gasteiger partial charge in [0.2, 0.25) is 17.7 Å². The zero-order valence-electron chi connectivity index (χ0n) is 14.6. The third kappa shape index (κ3) is 6.89. The minimum Gasteiger partial charge on any atom is -0.480 e. The Morgan fingerprint density at radius 3 is 2.42 bits per heavy atom. The molecule has 0 aliphatic rings. The van der Waals surface area contributed by atoms with Crippen LogP contribution in [0.25, 0.3) is 0 Å². The number of nitrogens with zero attached hydrogens (tertiary/aromatic N) is 1. The molecule has 0 aliphatic heterocycles. The summed E-state index contributed by atoms with van der Waals surface area (Å²) in [6.07, 6.45) is 3.06. The van der Waals surface area contributed by atoms with Crippen LogP contribution in [0.4, 0.5) is 0 Å². The lowest BCUT2D eigenvalue weighted by molar-refractivity contribution is -0.143. The van der Waals surface area contributed by atoms with Gasteiger partial charge in [-0.3, -0.25) is 14.4 Å². The lowest BCUT2D eigenvalue weighted by Crippen LogP contribution is -2.53. The van der Waals surface area contributed by atoms with Gasteiger partial charge in [0.05, 0.1) is 19.4 Å². The molecule has 0 fully saturated rings. The van der Waals surface area contributed by atoms with E-state index in [-0.39, 0.29) is 18.9 Å². The number of hydrogen-bond donors (Lipinski definition) is 6. The Balaban J connectivity index is 2.63. The maximum absolute atomic E-state index is 12.3. The number of carboxylic acids is 1. The lowest BCUT2D eigenvalue weighted by Gasteiger charge is -2.20. The minimum atomic E-state index is -1.16. The molecule has 1 heterocycles. The van der Waals surface area contributed by atoms with Gasteiger partial charge in [-0.05, 0) is 5.92 Å². The molecular weight excluding hydrogens is 344 g/mol. The highest BCUT2D eigenvalue weighted by molar-refractivity contribution is 5.92. The molecular formula is C15H24N6O5. The summed E-state index contributed by atoms with van der Waals surface area (Å²) in [5.41, 5.74) is 5.85. The van der Waals surface area contributed by atoms with Crippen molar-refractivity contribution in [2.24, 2.45) is 11.7 Å². The number of aromatic nitrogens is 2. The molecule has 0 spiro atoms. The van der Waals surface area contributed by atoms with Crippen LogP contribution in [0, 0.1) is 5.92 Å². The molecule has 0 aromatic carbocycles. The van der Waals surface area contributed by atoms with Crippen molar-refractivity contribution < 1.29 is 24.3 Å². The Kier molecular flexibility index (Phi) is 8.22. The Labute approximate surface area is 150 Å². The molecule has 7 N–H and O–H groups in total. The second-order valence-corrected chi connectivity index (χ2v) is 5.95. The summed E-state index contributed by atoms with van der Waals surface area (Å²) in [5.74, 6) is -3.26. The Hall–Kier alpha value is -2.95. The minimum absolute atomic E-state index is 0.128. The first-order valence-electron chi connectivity index (χ1n) is 8.01. The standard InChI is InChI=1S/C15H24N6O5/c1-8(2)13(15(25)26)21-12(23)6-18-14(24)10(20-11(22)4-16)3-9-5-17-7-19-9/h5,7-8,10,13H,3-4,6,16H2,1-2H3,(H,17,19)(H,18,24)(H,20,22)(H,21,23)(H,25,26). The van der Waals surface area contributed by atoms with Crippen molar-refractivity contribution in [2.45, 2.75) is 32.4 Å². The molecule has 1 aromatic rings. The molecule has 3 amide bonds. The third-order valence-corrected chi connectivity index (χ3v) is 3.49. The number of nitrogens with one attached hydrogen (secondary N) is 4. The number of rotatable bonds is 10. The molecule has 144 valence electrons. The fraction of sp³-hybridized carbons (Fsp3) is 0.533. The summed E-state index contributed by atoms with van der Waals surface area (Å²) in [4.78, 5) is 53.4. The molecule has 1 rings (SSSR count). The van der Waals surface area contributed by atoms with Crippen LogP contribution < -0.4 is 21.7 Å². The van der Waals surface area contributed by atoms with Crippen LogP contribution in [0.5, 0.6) is 0 Å². The monoisotopic (exact) mass is 368 g/mol. The number of hydrogen-bond acceptors (Lipinski definition) is 6. The van der Waals surface area contributed by atoms with Gasteiger partial charge in [-0.1, -0.05) is 13.8 Å². The van der Waals surface area contributed by atoms with Crippen molar-refractivity contribution >= 4 is 23.7 Å². The highest BCUT2D eigenvalue weighted by Gasteiger charge is 2.25. The van der Waals surface area contributed by atoms with E-state index < -0.39 is 42.3 Å². The second-order valence-electron chi connectivity index (χ2n) is 5.95. The number of amides is 3. The van der Waals surface area contributed by atoms with E-state index >= 15 is 0 Å². The van der Waals surface area contributed by atoms with Gasteiger partial charge in [0.1, 0.15) is 12.1 Å². The van der Waals surface area contributed by atoms with Gasteiger partial charge in [0.25, 0.3) is 0 Å². The molecule has 2 unspecified atom stereocenters. The summed E-state index contributed by atoms with van der Waals surface area (Å²) in [7, 11) is 0. The quantitative estimate of drug-likeness (QED) is 0.269. The Morgan fingerprint density at radius 1 is 1.23 bits per heavy atom. The van der Waals surface area contributed by atoms with Gasteiger partial charge in [0.15, 0.2) is 0 Å². The van der Waals surface area contributed by atoms with Crippen LogP contribution in [0.1, 0.15) is 19.5 Å². The van der Waals surface area contributed by atoms with E-state index in [9.17, 15) is 19.2 Å². The molecule has 26 heavy (non-hydrogen) atoms. The van der Waals surface area contributed by atoms with Crippen molar-refractivity contribution in [3.05, 3.63) is 18.2 Å². The Morgan fingerprint density at radius 2 is 1.92 bits per heavy atom. The van der Waals surface area contributed by atoms with Gasteiger partial charge in [-0.2, -0.15) is 0 Å². The molecule has 2 atom stereocenters. The highest BCUT2D eigenvalue weighted by Crippen LogP contribution is 2.01. The average Bonchev–Trinajstić information content (AvgIpc) is 3.09. The molecule has 1 aromatic heterocycles. The van der Waals surface area contributed by atoms with Gasteiger partial charge in [0, 0.05) is 18.3 Å². The first kappa shape index (κ1) is 21.1. The van der Waals surface area contributed by atoms with E-state index in [1.165, 1.54) is 12.5 Å². The van der Waals surface area contributed by atoms with Gasteiger partial charge in [-0.25, -0.2) is 9.78 Å². The van der Waals surface area contributed by atoms with Crippen molar-refractivity contribution in [3.8, 4) is 0 Å². The van der Waals surface area contributed by atoms with Crippen molar-refractivity contribution in [3.63, 3.8) is 0 Å². The van der Waals surface area contributed by atoms with Gasteiger partial charge >= 0.3 is 5.97 Å². The number of carboxylic acid groups (broad SMARTS) is 1. The van der Waals surface area contributed by atoms with Crippen LogP contribution in [-0.2, 0) is 25.6 Å². The van der Waals surface area contributed by atoms with Crippen LogP contribution in [0.15, 0.2) is 12.5 Å². The molecule has 0 saturated heterocycles. The lowest BCUT2D eigenvalue weighted by atomic mass is 10.0. The van der Waals surface area contributed by atoms with Crippen molar-refractivity contribution in [1.29, 1.82) is 0 Å². The van der Waals surface area contributed by atoms with E-state index in [2.05, 4.69) is 25.9 Å². The Bertz CT molecular complexity index is 630. The summed E-state index contributed by atoms with van der Waals surface area (Å²) >= 11 is 0. The van der Waals surface area contributed by atoms with E-state index in [0.29, 0.717) is 5.69 Å². The molecule has 11 nitrogen and oxygen atoms in total. The SMILES string of the molecule is CC(C)C(NC(=O)CNC(=O)C(Cc1cnc[nH]1)NC(=O)CN)C(=O)O. The van der Waals surface area contributed by atoms with Gasteiger partial charge < -0.3 is 31.8 Å². The third-order valence-electron chi connectivity index (χ3n) is 3.49. The first-order valence-corrected chi connectivity index (χ1v) is 8.01. The van der Waals surface area contributed by atoms with Crippen molar-refractivity contribution in [2.75, 3.05) is 13.1 Å². The van der Waals surface area contributed by atoms with Crippen LogP contribution >= 0.6 is 0 Å². The number of imidazole rings is 1. The van der Waals surface area contributed by atoms with Crippen molar-refractivity contribution in [1.82, 2.24) is 25.9 Å². The topological polar surface area (TPSA) is 179 Å². The summed E-state index contributed by atoms with van der Waals surface area (Å²) in [6.45, 7) is 2.59. The van der Waals surface area contributed by atoms with Crippen LogP contribution in [0.3, 0.4) is 0 Å². The maximum atomic E-state index is 12.3. The normalized spacial score (nSPS) is 12.9. The molecule has 11 heteroatoms. The van der Waals surface area contributed by atoms with E-state index in [0.717, 1.165) is 0 Å². The average molecular weight is 368 g/mol. The molecule has 0 aliphatic carbocycles. The number of aromatic amines is 1. The van der Waals surface area contributed by atoms with E-state index in [1.807, 2.05) is 0 Å². The number of carbonyl (C=O) groups excluding carboxylic acids is 3. The number of aliphatic carboxylic acids is 1. The fourth-order valence-electron chi connectivity index (χ4n) is 2.11. The number of H-pyrrole nitrogens is 1. The van der Waals surface area contributed by atoms with E-state index in [4.69, 9.17) is 10.8 Å². The zero-order valence-corrected chi connectivity index (χ0v) is 14.6. The predicted molar refractivity (Wildman–Crippen MR) is 90.7 cm³/mol. The maximum Gasteiger partial charge on any atom is 0.326 e. The fourth-order valence-corrected chi connectivity index (χ4v) is 2.11. The molecule has 0 radical (unpaired) electrons. The second kappa shape index (κ2) is 10.1. The summed E-state index contributed by atoms with van der Waals surface area (Å²) in [5, 5.41) is 16.2. The largest absolute Gasteiger partial charge is 0.480 e. The summed E-state index contributed by atoms with van der Waals surface area (Å²) < 4.78 is 0. The van der Waals surface area contributed by atoms with Gasteiger partial charge in [-0.15, -0.1) is 0 Å². The number of nitrogens with two attached hydrogens (primary N) is 1. The van der Waals surface area contributed by atoms with E-state index in [1.54, 1.807) is 13.8 Å². The van der Waals surface area contributed by atoms with Crippen LogP contribution in [-0.4, -0.2) is 63.9 Å². The number of carbonyl (C=O) groups is 4. The zero-order chi connectivity index (χ0) is 19.7. The molecule has 0 bridgehead atoms. The first-order chi connectivity index (χ1) is 12.2. The highest BCUT2D eigenvalue weighted by atomic mass is 16.4. The molecule has 0 saturated carbocycles. The summed E-state index contributed by atoms with van der Waals surface area (Å²) in [6, 6.07) is -2.02. The smallest absolute Gasteiger partial charge is 0.326 e.